The van der Waals surface area contributed by atoms with Crippen LogP contribution in [0.5, 0.6) is 5.75 Å². The molecule has 44 heavy (non-hydrogen) atoms. The number of halogens is 1. The molecule has 9 nitrogen and oxygen atoms in total. The van der Waals surface area contributed by atoms with E-state index in [1.165, 1.54) is 18.4 Å². The smallest absolute Gasteiger partial charge is 0.351 e. The SMILES string of the molecule is COC(=O)c1sc(-c2cccc(NCC3CCN(C(=O)Nc4c(C)cccc4C)CC3)c2)c(Br)c1OCC(=O)OC(C)(C)C. The number of benzene rings is 2. The molecule has 2 amide bonds. The van der Waals surface area contributed by atoms with E-state index >= 15 is 0 Å². The van der Waals surface area contributed by atoms with Gasteiger partial charge in [-0.3, -0.25) is 0 Å². The summed E-state index contributed by atoms with van der Waals surface area (Å²) in [7, 11) is 1.31. The predicted molar refractivity (Wildman–Crippen MR) is 178 cm³/mol. The first kappa shape index (κ1) is 33.3. The van der Waals surface area contributed by atoms with Gasteiger partial charge in [0, 0.05) is 31.0 Å². The molecule has 0 saturated carbocycles. The summed E-state index contributed by atoms with van der Waals surface area (Å²) in [4.78, 5) is 40.7. The third-order valence-corrected chi connectivity index (χ3v) is 9.49. The van der Waals surface area contributed by atoms with E-state index in [0.717, 1.165) is 52.3 Å². The maximum atomic E-state index is 12.9. The van der Waals surface area contributed by atoms with E-state index in [4.69, 9.17) is 14.2 Å². The Balaban J connectivity index is 1.37. The summed E-state index contributed by atoms with van der Waals surface area (Å²) in [6.45, 7) is 11.2. The zero-order valence-electron chi connectivity index (χ0n) is 26.0. The lowest BCUT2D eigenvalue weighted by Gasteiger charge is -2.32. The monoisotopic (exact) mass is 685 g/mol. The number of amides is 2. The van der Waals surface area contributed by atoms with E-state index in [9.17, 15) is 14.4 Å². The molecule has 2 heterocycles. The van der Waals surface area contributed by atoms with Crippen LogP contribution in [0.3, 0.4) is 0 Å². The lowest BCUT2D eigenvalue weighted by atomic mass is 9.97. The highest BCUT2D eigenvalue weighted by Crippen LogP contribution is 2.46. The Morgan fingerprint density at radius 2 is 1.70 bits per heavy atom. The Morgan fingerprint density at radius 1 is 1.05 bits per heavy atom. The fourth-order valence-corrected chi connectivity index (χ4v) is 6.98. The summed E-state index contributed by atoms with van der Waals surface area (Å²) in [5, 5.41) is 6.64. The minimum Gasteiger partial charge on any atom is -0.479 e. The number of aryl methyl sites for hydroxylation is 2. The second-order valence-electron chi connectivity index (χ2n) is 11.9. The van der Waals surface area contributed by atoms with Crippen LogP contribution in [0.4, 0.5) is 16.2 Å². The Bertz CT molecular complexity index is 1490. The quantitative estimate of drug-likeness (QED) is 0.223. The van der Waals surface area contributed by atoms with Crippen molar-refractivity contribution in [1.29, 1.82) is 0 Å². The van der Waals surface area contributed by atoms with Gasteiger partial charge in [0.2, 0.25) is 0 Å². The molecular formula is C33H40BrN3O6S. The molecule has 0 atom stereocenters. The number of likely N-dealkylation sites (tertiary alicyclic amines) is 1. The Morgan fingerprint density at radius 3 is 2.34 bits per heavy atom. The van der Waals surface area contributed by atoms with Crippen LogP contribution in [0.25, 0.3) is 10.4 Å². The van der Waals surface area contributed by atoms with Crippen molar-refractivity contribution < 1.29 is 28.6 Å². The predicted octanol–water partition coefficient (Wildman–Crippen LogP) is 7.66. The molecule has 2 N–H and O–H groups in total. The van der Waals surface area contributed by atoms with Crippen molar-refractivity contribution in [2.75, 3.05) is 44.0 Å². The van der Waals surface area contributed by atoms with E-state index in [0.29, 0.717) is 23.5 Å². The van der Waals surface area contributed by atoms with Crippen molar-refractivity contribution in [3.05, 3.63) is 62.9 Å². The van der Waals surface area contributed by atoms with Crippen molar-refractivity contribution in [3.8, 4) is 16.2 Å². The van der Waals surface area contributed by atoms with Crippen LogP contribution in [-0.2, 0) is 14.3 Å². The molecule has 0 unspecified atom stereocenters. The van der Waals surface area contributed by atoms with Gasteiger partial charge in [-0.1, -0.05) is 30.3 Å². The van der Waals surface area contributed by atoms with Gasteiger partial charge in [0.05, 0.1) is 16.5 Å². The molecule has 1 aliphatic rings. The molecule has 1 aliphatic heterocycles. The highest BCUT2D eigenvalue weighted by molar-refractivity contribution is 9.10. The number of esters is 2. The van der Waals surface area contributed by atoms with Gasteiger partial charge >= 0.3 is 18.0 Å². The van der Waals surface area contributed by atoms with E-state index in [-0.39, 0.29) is 23.3 Å². The Hall–Kier alpha value is -3.57. The minimum absolute atomic E-state index is 0.0520. The van der Waals surface area contributed by atoms with Gasteiger partial charge in [-0.05, 0) is 98.1 Å². The highest BCUT2D eigenvalue weighted by atomic mass is 79.9. The van der Waals surface area contributed by atoms with Crippen molar-refractivity contribution in [1.82, 2.24) is 4.90 Å². The second-order valence-corrected chi connectivity index (χ2v) is 13.7. The normalized spacial score (nSPS) is 13.8. The summed E-state index contributed by atoms with van der Waals surface area (Å²) in [5.41, 5.74) is 4.17. The van der Waals surface area contributed by atoms with Crippen LogP contribution >= 0.6 is 27.3 Å². The van der Waals surface area contributed by atoms with Crippen molar-refractivity contribution in [3.63, 3.8) is 0 Å². The fraction of sp³-hybridized carbons (Fsp3) is 0.424. The molecule has 1 aromatic heterocycles. The highest BCUT2D eigenvalue weighted by Gasteiger charge is 2.27. The maximum Gasteiger partial charge on any atom is 0.351 e. The molecule has 11 heteroatoms. The summed E-state index contributed by atoms with van der Waals surface area (Å²) < 4.78 is 16.6. The van der Waals surface area contributed by atoms with Gasteiger partial charge < -0.3 is 29.7 Å². The number of para-hydroxylation sites is 1. The minimum atomic E-state index is -0.650. The molecule has 0 radical (unpaired) electrons. The number of carbonyl (C=O) groups excluding carboxylic acids is 3. The van der Waals surface area contributed by atoms with Crippen LogP contribution in [0, 0.1) is 19.8 Å². The number of piperidine rings is 1. The third-order valence-electron chi connectivity index (χ3n) is 7.27. The zero-order chi connectivity index (χ0) is 32.0. The van der Waals surface area contributed by atoms with E-state index in [2.05, 4.69) is 26.6 Å². The average Bonchev–Trinajstić information content (AvgIpc) is 3.31. The van der Waals surface area contributed by atoms with Crippen LogP contribution in [0.1, 0.15) is 54.4 Å². The molecule has 2 aromatic carbocycles. The van der Waals surface area contributed by atoms with Gasteiger partial charge in [-0.2, -0.15) is 0 Å². The standard InChI is InChI=1S/C33H40BrN3O6S/c1-20-9-7-10-21(2)27(20)36-32(40)37-15-13-22(14-16-37)18-35-24-12-8-11-23(17-24)29-26(34)28(30(44-29)31(39)41-6)42-19-25(38)43-33(3,4)5/h7-12,17,22,35H,13-16,18-19H2,1-6H3,(H,36,40). The molecule has 0 bridgehead atoms. The second kappa shape index (κ2) is 14.5. The topological polar surface area (TPSA) is 106 Å². The van der Waals surface area contributed by atoms with Gasteiger partial charge in [0.1, 0.15) is 5.60 Å². The summed E-state index contributed by atoms with van der Waals surface area (Å²) in [6, 6.07) is 13.9. The lowest BCUT2D eigenvalue weighted by Crippen LogP contribution is -2.42. The van der Waals surface area contributed by atoms with Crippen LogP contribution in [0.2, 0.25) is 0 Å². The molecule has 0 spiro atoms. The molecular weight excluding hydrogens is 646 g/mol. The van der Waals surface area contributed by atoms with Crippen LogP contribution < -0.4 is 15.4 Å². The zero-order valence-corrected chi connectivity index (χ0v) is 28.4. The molecule has 3 aromatic rings. The average molecular weight is 687 g/mol. The van der Waals surface area contributed by atoms with Crippen molar-refractivity contribution in [2.24, 2.45) is 5.92 Å². The molecule has 1 fully saturated rings. The fourth-order valence-electron chi connectivity index (χ4n) is 5.01. The molecule has 0 aliphatic carbocycles. The van der Waals surface area contributed by atoms with E-state index < -0.39 is 17.5 Å². The number of nitrogens with one attached hydrogen (secondary N) is 2. The molecule has 1 saturated heterocycles. The van der Waals surface area contributed by atoms with Crippen LogP contribution in [-0.4, -0.2) is 61.8 Å². The van der Waals surface area contributed by atoms with Gasteiger partial charge in [0.15, 0.2) is 17.2 Å². The van der Waals surface area contributed by atoms with Gasteiger partial charge in [0.25, 0.3) is 0 Å². The maximum absolute atomic E-state index is 12.9. The van der Waals surface area contributed by atoms with Crippen molar-refractivity contribution >= 4 is 56.6 Å². The summed E-state index contributed by atoms with van der Waals surface area (Å²) >= 11 is 4.81. The lowest BCUT2D eigenvalue weighted by molar-refractivity contribution is -0.157. The van der Waals surface area contributed by atoms with Gasteiger partial charge in [-0.25, -0.2) is 14.4 Å². The van der Waals surface area contributed by atoms with Crippen LogP contribution in [0.15, 0.2) is 46.9 Å². The van der Waals surface area contributed by atoms with Crippen molar-refractivity contribution in [2.45, 2.75) is 53.1 Å². The number of rotatable bonds is 9. The largest absolute Gasteiger partial charge is 0.479 e. The number of anilines is 2. The third kappa shape index (κ3) is 8.53. The molecule has 4 rings (SSSR count). The van der Waals surface area contributed by atoms with Gasteiger partial charge in [-0.15, -0.1) is 11.3 Å². The Labute approximate surface area is 271 Å². The summed E-state index contributed by atoms with van der Waals surface area (Å²) in [5.74, 6) is -0.416. The van der Waals surface area contributed by atoms with E-state index in [1.54, 1.807) is 20.8 Å². The number of ether oxygens (including phenoxy) is 3. The Kier molecular flexibility index (Phi) is 11.0. The number of carbonyl (C=O) groups is 3. The van der Waals surface area contributed by atoms with E-state index in [1.807, 2.05) is 61.2 Å². The first-order valence-corrected chi connectivity index (χ1v) is 16.2. The number of hydrogen-bond donors (Lipinski definition) is 2. The summed E-state index contributed by atoms with van der Waals surface area (Å²) in [6.07, 6.45) is 1.81. The first-order chi connectivity index (χ1) is 20.9. The number of hydrogen-bond acceptors (Lipinski definition) is 8. The number of thiophene rings is 1. The number of urea groups is 1. The first-order valence-electron chi connectivity index (χ1n) is 14.6. The molecule has 236 valence electrons. The number of nitrogens with zero attached hydrogens (tertiary/aromatic N) is 1. The number of methoxy groups -OCH3 is 1.